The molecule has 5 unspecified atom stereocenters. The van der Waals surface area contributed by atoms with Gasteiger partial charge in [-0.3, -0.25) is 4.90 Å². The largest absolute Gasteiger partial charge is 0.429 e. The van der Waals surface area contributed by atoms with E-state index in [4.69, 9.17) is 0 Å². The second kappa shape index (κ2) is 8.33. The maximum absolute atomic E-state index is 14.9. The van der Waals surface area contributed by atoms with E-state index in [2.05, 4.69) is 9.47 Å². The van der Waals surface area contributed by atoms with Crippen LogP contribution in [0.2, 0.25) is 0 Å². The highest BCUT2D eigenvalue weighted by Gasteiger charge is 2.69. The van der Waals surface area contributed by atoms with Crippen molar-refractivity contribution >= 4 is 0 Å². The molecule has 0 aromatic carbocycles. The minimum atomic E-state index is -5.87. The Morgan fingerprint density at radius 1 is 0.828 bits per heavy atom. The molecule has 0 aliphatic carbocycles. The van der Waals surface area contributed by atoms with Crippen LogP contribution < -0.4 is 0 Å². The van der Waals surface area contributed by atoms with Crippen molar-refractivity contribution in [1.29, 1.82) is 0 Å². The van der Waals surface area contributed by atoms with E-state index in [1.54, 1.807) is 0 Å². The van der Waals surface area contributed by atoms with Gasteiger partial charge in [0.1, 0.15) is 6.10 Å². The SMILES string of the molecule is FC(C(F)(F)F)C(F)(F)CC1COC(C(F)(C(F)N2CCCC2)C(F)(F)F)CO1. The van der Waals surface area contributed by atoms with E-state index in [1.807, 2.05) is 0 Å². The number of hydrogen-bond acceptors (Lipinski definition) is 3. The molecule has 5 atom stereocenters. The molecule has 2 aliphatic rings. The zero-order valence-electron chi connectivity index (χ0n) is 14.7. The Hall–Kier alpha value is -0.890. The van der Waals surface area contributed by atoms with Gasteiger partial charge >= 0.3 is 12.4 Å². The topological polar surface area (TPSA) is 21.7 Å². The predicted octanol–water partition coefficient (Wildman–Crippen LogP) is 4.36. The van der Waals surface area contributed by atoms with Crippen molar-refractivity contribution < 1.29 is 57.8 Å². The van der Waals surface area contributed by atoms with E-state index >= 15 is 0 Å². The summed E-state index contributed by atoms with van der Waals surface area (Å²) in [6, 6.07) is 0. The molecule has 14 heteroatoms. The van der Waals surface area contributed by atoms with Crippen LogP contribution in [-0.4, -0.2) is 79.8 Å². The Morgan fingerprint density at radius 2 is 1.38 bits per heavy atom. The van der Waals surface area contributed by atoms with Gasteiger partial charge in [0.05, 0.1) is 19.3 Å². The van der Waals surface area contributed by atoms with E-state index in [9.17, 15) is 48.3 Å². The van der Waals surface area contributed by atoms with Gasteiger partial charge in [0, 0.05) is 19.5 Å². The van der Waals surface area contributed by atoms with Crippen molar-refractivity contribution in [3.8, 4) is 0 Å². The summed E-state index contributed by atoms with van der Waals surface area (Å²) in [5, 5.41) is 0. The standard InChI is InChI=1S/C15H18F11NO2/c16-10(14(21,22)23)12(18,19)5-8-6-29-9(7-28-8)13(20,15(24,25)26)11(17)27-3-1-2-4-27/h8-11H,1-7H2. The molecular formula is C15H18F11NO2. The lowest BCUT2D eigenvalue weighted by atomic mass is 9.94. The van der Waals surface area contributed by atoms with Gasteiger partial charge in [-0.1, -0.05) is 0 Å². The van der Waals surface area contributed by atoms with Gasteiger partial charge in [0.25, 0.3) is 17.8 Å². The lowest BCUT2D eigenvalue weighted by Gasteiger charge is -2.43. The summed E-state index contributed by atoms with van der Waals surface area (Å²) in [6.07, 6.45) is -25.0. The second-order valence-electron chi connectivity index (χ2n) is 6.99. The van der Waals surface area contributed by atoms with Crippen LogP contribution >= 0.6 is 0 Å². The number of likely N-dealkylation sites (tertiary alicyclic amines) is 1. The van der Waals surface area contributed by atoms with Gasteiger partial charge in [-0.2, -0.15) is 26.3 Å². The molecule has 0 aromatic rings. The van der Waals surface area contributed by atoms with E-state index in [0.29, 0.717) is 17.7 Å². The molecule has 0 bridgehead atoms. The Labute approximate surface area is 158 Å². The third-order valence-electron chi connectivity index (χ3n) is 4.84. The normalized spacial score (nSPS) is 29.5. The first kappa shape index (κ1) is 24.4. The van der Waals surface area contributed by atoms with Gasteiger partial charge in [0.15, 0.2) is 6.30 Å². The fourth-order valence-corrected chi connectivity index (χ4v) is 3.26. The molecule has 0 N–H and O–H groups in total. The number of halogens is 11. The van der Waals surface area contributed by atoms with Crippen LogP contribution in [0, 0.1) is 0 Å². The maximum Gasteiger partial charge on any atom is 0.429 e. The van der Waals surface area contributed by atoms with Crippen molar-refractivity contribution in [2.24, 2.45) is 0 Å². The van der Waals surface area contributed by atoms with Gasteiger partial charge < -0.3 is 9.47 Å². The zero-order chi connectivity index (χ0) is 22.3. The predicted molar refractivity (Wildman–Crippen MR) is 75.6 cm³/mol. The van der Waals surface area contributed by atoms with E-state index < -0.39 is 68.3 Å². The fourth-order valence-electron chi connectivity index (χ4n) is 3.26. The first-order chi connectivity index (χ1) is 13.1. The van der Waals surface area contributed by atoms with Crippen LogP contribution in [0.3, 0.4) is 0 Å². The molecule has 2 aliphatic heterocycles. The van der Waals surface area contributed by atoms with Crippen molar-refractivity contribution in [1.82, 2.24) is 4.90 Å². The quantitative estimate of drug-likeness (QED) is 0.441. The van der Waals surface area contributed by atoms with Crippen LogP contribution in [0.1, 0.15) is 19.3 Å². The van der Waals surface area contributed by atoms with E-state index in [1.165, 1.54) is 0 Å². The Kier molecular flexibility index (Phi) is 7.00. The second-order valence-corrected chi connectivity index (χ2v) is 6.99. The minimum absolute atomic E-state index is 0.138. The highest BCUT2D eigenvalue weighted by Crippen LogP contribution is 2.45. The van der Waals surface area contributed by atoms with Crippen molar-refractivity contribution in [2.45, 2.75) is 67.9 Å². The van der Waals surface area contributed by atoms with Crippen LogP contribution in [0.4, 0.5) is 48.3 Å². The van der Waals surface area contributed by atoms with Crippen LogP contribution in [0.25, 0.3) is 0 Å². The summed E-state index contributed by atoms with van der Waals surface area (Å²) in [4.78, 5) is 0.619. The molecule has 0 radical (unpaired) electrons. The number of ether oxygens (including phenoxy) is 2. The van der Waals surface area contributed by atoms with Crippen LogP contribution in [0.15, 0.2) is 0 Å². The molecule has 2 saturated heterocycles. The number of rotatable bonds is 6. The number of hydrogen-bond donors (Lipinski definition) is 0. The average Bonchev–Trinajstić information content (AvgIpc) is 3.12. The fraction of sp³-hybridized carbons (Fsp3) is 1.00. The number of nitrogens with zero attached hydrogens (tertiary/aromatic N) is 1. The number of alkyl halides is 11. The summed E-state index contributed by atoms with van der Waals surface area (Å²) >= 11 is 0. The van der Waals surface area contributed by atoms with E-state index in [-0.39, 0.29) is 13.1 Å². The summed E-state index contributed by atoms with van der Waals surface area (Å²) in [5.74, 6) is -4.95. The molecule has 2 heterocycles. The lowest BCUT2D eigenvalue weighted by Crippen LogP contribution is -2.65. The van der Waals surface area contributed by atoms with Crippen LogP contribution in [0.5, 0.6) is 0 Å². The maximum atomic E-state index is 14.9. The molecule has 2 fully saturated rings. The van der Waals surface area contributed by atoms with Crippen molar-refractivity contribution in [3.05, 3.63) is 0 Å². The van der Waals surface area contributed by atoms with Gasteiger partial charge in [0.2, 0.25) is 0 Å². The first-order valence-electron chi connectivity index (χ1n) is 8.56. The van der Waals surface area contributed by atoms with Crippen molar-refractivity contribution in [2.75, 3.05) is 26.3 Å². The Bertz CT molecular complexity index is 541. The molecule has 0 amide bonds. The van der Waals surface area contributed by atoms with Gasteiger partial charge in [-0.25, -0.2) is 22.0 Å². The molecule has 172 valence electrons. The van der Waals surface area contributed by atoms with Gasteiger partial charge in [-0.05, 0) is 12.8 Å². The monoisotopic (exact) mass is 453 g/mol. The molecular weight excluding hydrogens is 435 g/mol. The molecule has 2 rings (SSSR count). The smallest absolute Gasteiger partial charge is 0.373 e. The summed E-state index contributed by atoms with van der Waals surface area (Å²) < 4.78 is 155. The Morgan fingerprint density at radius 3 is 1.79 bits per heavy atom. The van der Waals surface area contributed by atoms with Crippen molar-refractivity contribution in [3.63, 3.8) is 0 Å². The lowest BCUT2D eigenvalue weighted by molar-refractivity contribution is -0.323. The third-order valence-corrected chi connectivity index (χ3v) is 4.84. The molecule has 0 aromatic heterocycles. The highest BCUT2D eigenvalue weighted by atomic mass is 19.4. The van der Waals surface area contributed by atoms with E-state index in [0.717, 1.165) is 0 Å². The Balaban J connectivity index is 2.07. The zero-order valence-corrected chi connectivity index (χ0v) is 14.7. The molecule has 0 spiro atoms. The summed E-state index contributed by atoms with van der Waals surface area (Å²) in [6.45, 7) is -2.82. The minimum Gasteiger partial charge on any atom is -0.373 e. The highest BCUT2D eigenvalue weighted by molar-refractivity contribution is 5.03. The van der Waals surface area contributed by atoms with Gasteiger partial charge in [-0.15, -0.1) is 0 Å². The third kappa shape index (κ3) is 5.06. The molecule has 29 heavy (non-hydrogen) atoms. The molecule has 3 nitrogen and oxygen atoms in total. The molecule has 0 saturated carbocycles. The first-order valence-corrected chi connectivity index (χ1v) is 8.56. The summed E-state index contributed by atoms with van der Waals surface area (Å²) in [5.41, 5.74) is -4.56. The average molecular weight is 453 g/mol. The summed E-state index contributed by atoms with van der Waals surface area (Å²) in [7, 11) is 0. The van der Waals surface area contributed by atoms with Crippen LogP contribution in [-0.2, 0) is 9.47 Å².